The molecule has 0 saturated carbocycles. The van der Waals surface area contributed by atoms with Gasteiger partial charge < -0.3 is 15.0 Å². The van der Waals surface area contributed by atoms with E-state index in [0.717, 1.165) is 50.5 Å². The number of hydrogen-bond donors (Lipinski definition) is 1. The zero-order valence-electron chi connectivity index (χ0n) is 15.9. The number of urea groups is 1. The van der Waals surface area contributed by atoms with E-state index in [0.29, 0.717) is 12.6 Å². The molecule has 2 aromatic carbocycles. The quantitative estimate of drug-likeness (QED) is 0.897. The molecule has 2 heterocycles. The summed E-state index contributed by atoms with van der Waals surface area (Å²) in [6.07, 6.45) is 2.13. The zero-order valence-corrected chi connectivity index (χ0v) is 15.9. The predicted molar refractivity (Wildman–Crippen MR) is 107 cm³/mol. The van der Waals surface area contributed by atoms with Crippen LogP contribution in [0.3, 0.4) is 0 Å². The molecule has 2 aliphatic heterocycles. The molecule has 5 heteroatoms. The number of benzene rings is 2. The van der Waals surface area contributed by atoms with Crippen LogP contribution in [-0.4, -0.2) is 48.1 Å². The predicted octanol–water partition coefficient (Wildman–Crippen LogP) is 3.75. The Balaban J connectivity index is 1.36. The summed E-state index contributed by atoms with van der Waals surface area (Å²) in [4.78, 5) is 17.2. The second-order valence-electron chi connectivity index (χ2n) is 7.24. The minimum Gasteiger partial charge on any atom is -0.492 e. The zero-order chi connectivity index (χ0) is 18.6. The fourth-order valence-corrected chi connectivity index (χ4v) is 4.10. The van der Waals surface area contributed by atoms with E-state index in [1.165, 1.54) is 11.1 Å². The molecule has 0 spiro atoms. The summed E-state index contributed by atoms with van der Waals surface area (Å²) in [5, 5.41) is 3.02. The van der Waals surface area contributed by atoms with Gasteiger partial charge in [0.2, 0.25) is 0 Å². The summed E-state index contributed by atoms with van der Waals surface area (Å²) < 4.78 is 5.61. The summed E-state index contributed by atoms with van der Waals surface area (Å²) >= 11 is 0. The fraction of sp³-hybridized carbons (Fsp3) is 0.409. The number of para-hydroxylation sites is 2. The highest BCUT2D eigenvalue weighted by atomic mass is 16.5. The molecule has 1 atom stereocenters. The average Bonchev–Trinajstić information content (AvgIpc) is 3.20. The number of nitrogens with zero attached hydrogens (tertiary/aromatic N) is 2. The maximum Gasteiger partial charge on any atom is 0.322 e. The molecule has 2 aliphatic rings. The van der Waals surface area contributed by atoms with Gasteiger partial charge in [0.15, 0.2) is 0 Å². The summed E-state index contributed by atoms with van der Waals surface area (Å²) in [5.41, 5.74) is 3.63. The van der Waals surface area contributed by atoms with Gasteiger partial charge in [-0.3, -0.25) is 4.90 Å². The summed E-state index contributed by atoms with van der Waals surface area (Å²) in [6, 6.07) is 16.7. The van der Waals surface area contributed by atoms with Crippen LogP contribution in [-0.2, 0) is 13.0 Å². The van der Waals surface area contributed by atoms with Crippen molar-refractivity contribution in [1.82, 2.24) is 9.80 Å². The van der Waals surface area contributed by atoms with Crippen LogP contribution in [0, 0.1) is 0 Å². The molecule has 27 heavy (non-hydrogen) atoms. The van der Waals surface area contributed by atoms with Crippen LogP contribution >= 0.6 is 0 Å². The number of likely N-dealkylation sites (tertiary alicyclic amines) is 1. The fourth-order valence-electron chi connectivity index (χ4n) is 4.10. The normalized spacial score (nSPS) is 19.6. The van der Waals surface area contributed by atoms with Gasteiger partial charge in [-0.05, 0) is 43.0 Å². The van der Waals surface area contributed by atoms with Crippen molar-refractivity contribution in [3.8, 4) is 5.75 Å². The van der Waals surface area contributed by atoms with Crippen LogP contribution in [0.5, 0.6) is 5.75 Å². The minimum atomic E-state index is -0.0398. The van der Waals surface area contributed by atoms with E-state index >= 15 is 0 Å². The van der Waals surface area contributed by atoms with Crippen molar-refractivity contribution < 1.29 is 9.53 Å². The maximum absolute atomic E-state index is 12.7. The largest absolute Gasteiger partial charge is 0.492 e. The van der Waals surface area contributed by atoms with Crippen molar-refractivity contribution in [1.29, 1.82) is 0 Å². The Hall–Kier alpha value is -2.53. The molecule has 1 unspecified atom stereocenters. The molecule has 1 fully saturated rings. The number of rotatable bonds is 4. The van der Waals surface area contributed by atoms with Crippen LogP contribution in [0.1, 0.15) is 24.5 Å². The first-order chi connectivity index (χ1) is 13.2. The Morgan fingerprint density at radius 1 is 1.11 bits per heavy atom. The van der Waals surface area contributed by atoms with Gasteiger partial charge in [-0.25, -0.2) is 4.79 Å². The number of nitrogens with one attached hydrogen (secondary N) is 1. The van der Waals surface area contributed by atoms with Crippen molar-refractivity contribution >= 4 is 11.7 Å². The second kappa shape index (κ2) is 8.01. The van der Waals surface area contributed by atoms with E-state index < -0.39 is 0 Å². The topological polar surface area (TPSA) is 44.8 Å². The van der Waals surface area contributed by atoms with Crippen molar-refractivity contribution in [2.24, 2.45) is 0 Å². The van der Waals surface area contributed by atoms with Gasteiger partial charge in [0.25, 0.3) is 0 Å². The first kappa shape index (κ1) is 17.9. The van der Waals surface area contributed by atoms with Crippen LogP contribution in [0.25, 0.3) is 0 Å². The Kier molecular flexibility index (Phi) is 5.30. The molecule has 0 aromatic heterocycles. The minimum absolute atomic E-state index is 0.0398. The molecule has 5 nitrogen and oxygen atoms in total. The van der Waals surface area contributed by atoms with Crippen molar-refractivity contribution in [2.75, 3.05) is 31.6 Å². The van der Waals surface area contributed by atoms with E-state index in [9.17, 15) is 4.79 Å². The van der Waals surface area contributed by atoms with E-state index in [1.54, 1.807) is 0 Å². The number of carbonyl (C=O) groups is 1. The van der Waals surface area contributed by atoms with Gasteiger partial charge in [0.05, 0.1) is 12.3 Å². The molecule has 0 aliphatic carbocycles. The molecule has 2 amide bonds. The van der Waals surface area contributed by atoms with E-state index in [1.807, 2.05) is 36.1 Å². The highest BCUT2D eigenvalue weighted by molar-refractivity contribution is 5.91. The number of anilines is 1. The Bertz CT molecular complexity index is 808. The molecule has 1 N–H and O–H groups in total. The Morgan fingerprint density at radius 2 is 1.89 bits per heavy atom. The molecule has 142 valence electrons. The lowest BCUT2D eigenvalue weighted by Gasteiger charge is -2.33. The third-order valence-electron chi connectivity index (χ3n) is 5.56. The third kappa shape index (κ3) is 3.93. The SMILES string of the molecule is CCOc1ccccc1NC(=O)N1CCC(N2CCc3ccccc3C2)C1. The molecule has 1 saturated heterocycles. The monoisotopic (exact) mass is 365 g/mol. The Labute approximate surface area is 160 Å². The van der Waals surface area contributed by atoms with E-state index in [2.05, 4.69) is 34.5 Å². The third-order valence-corrected chi connectivity index (χ3v) is 5.56. The Morgan fingerprint density at radius 3 is 2.74 bits per heavy atom. The van der Waals surface area contributed by atoms with Crippen molar-refractivity contribution in [3.63, 3.8) is 0 Å². The number of fused-ring (bicyclic) bond motifs is 1. The molecule has 0 radical (unpaired) electrons. The molecular formula is C22H27N3O2. The van der Waals surface area contributed by atoms with Gasteiger partial charge >= 0.3 is 6.03 Å². The van der Waals surface area contributed by atoms with Crippen molar-refractivity contribution in [3.05, 3.63) is 59.7 Å². The van der Waals surface area contributed by atoms with Gasteiger partial charge in [-0.2, -0.15) is 0 Å². The lowest BCUT2D eigenvalue weighted by molar-refractivity contribution is 0.177. The summed E-state index contributed by atoms with van der Waals surface area (Å²) in [6.45, 7) is 6.17. The maximum atomic E-state index is 12.7. The standard InChI is InChI=1S/C22H27N3O2/c1-2-27-21-10-6-5-9-20(21)23-22(26)25-14-12-19(16-25)24-13-11-17-7-3-4-8-18(17)15-24/h3-10,19H,2,11-16H2,1H3,(H,23,26). The van der Waals surface area contributed by atoms with Crippen LogP contribution < -0.4 is 10.1 Å². The van der Waals surface area contributed by atoms with Crippen LogP contribution in [0.15, 0.2) is 48.5 Å². The number of amides is 2. The van der Waals surface area contributed by atoms with Crippen molar-refractivity contribution in [2.45, 2.75) is 32.4 Å². The lowest BCUT2D eigenvalue weighted by Crippen LogP contribution is -2.42. The van der Waals surface area contributed by atoms with E-state index in [-0.39, 0.29) is 6.03 Å². The lowest BCUT2D eigenvalue weighted by atomic mass is 9.98. The summed E-state index contributed by atoms with van der Waals surface area (Å²) in [5.74, 6) is 0.719. The van der Waals surface area contributed by atoms with Gasteiger partial charge in [-0.1, -0.05) is 36.4 Å². The molecule has 4 rings (SSSR count). The number of hydrogen-bond acceptors (Lipinski definition) is 3. The van der Waals surface area contributed by atoms with Gasteiger partial charge in [-0.15, -0.1) is 0 Å². The highest BCUT2D eigenvalue weighted by Crippen LogP contribution is 2.27. The molecular weight excluding hydrogens is 338 g/mol. The first-order valence-electron chi connectivity index (χ1n) is 9.83. The highest BCUT2D eigenvalue weighted by Gasteiger charge is 2.32. The number of carbonyl (C=O) groups excluding carboxylic acids is 1. The summed E-state index contributed by atoms with van der Waals surface area (Å²) in [7, 11) is 0. The second-order valence-corrected chi connectivity index (χ2v) is 7.24. The van der Waals surface area contributed by atoms with E-state index in [4.69, 9.17) is 4.74 Å². The van der Waals surface area contributed by atoms with Crippen LogP contribution in [0.4, 0.5) is 10.5 Å². The van der Waals surface area contributed by atoms with Gasteiger partial charge in [0, 0.05) is 32.2 Å². The average molecular weight is 365 g/mol. The molecule has 2 aromatic rings. The number of ether oxygens (including phenoxy) is 1. The molecule has 0 bridgehead atoms. The van der Waals surface area contributed by atoms with Crippen LogP contribution in [0.2, 0.25) is 0 Å². The first-order valence-corrected chi connectivity index (χ1v) is 9.83. The van der Waals surface area contributed by atoms with Gasteiger partial charge in [0.1, 0.15) is 5.75 Å². The smallest absolute Gasteiger partial charge is 0.322 e.